The maximum absolute atomic E-state index is 15.2. The van der Waals surface area contributed by atoms with Crippen molar-refractivity contribution in [1.82, 2.24) is 24.6 Å². The van der Waals surface area contributed by atoms with E-state index in [1.165, 1.54) is 0 Å². The molecule has 61 heavy (non-hydrogen) atoms. The number of carboxylic acids is 1. The molecule has 1 aromatic heterocycles. The summed E-state index contributed by atoms with van der Waals surface area (Å²) in [5.41, 5.74) is 13.5. The third-order valence-electron chi connectivity index (χ3n) is 9.80. The number of imide groups is 2. The molecule has 2 atom stereocenters. The van der Waals surface area contributed by atoms with E-state index in [2.05, 4.69) is 5.32 Å². The lowest BCUT2D eigenvalue weighted by Gasteiger charge is -2.41. The Morgan fingerprint density at radius 3 is 2.26 bits per heavy atom. The monoisotopic (exact) mass is 865 g/mol. The minimum atomic E-state index is -1.33. The van der Waals surface area contributed by atoms with Crippen LogP contribution in [0.4, 0.5) is 8.78 Å². The Morgan fingerprint density at radius 1 is 0.934 bits per heavy atom. The van der Waals surface area contributed by atoms with Crippen LogP contribution < -0.4 is 16.8 Å². The highest BCUT2D eigenvalue weighted by Crippen LogP contribution is 2.41. The Bertz CT molecular complexity index is 2090. The summed E-state index contributed by atoms with van der Waals surface area (Å²) in [4.78, 5) is 91.6. The molecular weight excluding hydrogens is 813 g/mol. The molecule has 0 spiro atoms. The minimum Gasteiger partial charge on any atom is -0.481 e. The number of carbonyl (C=O) groups excluding carboxylic acids is 6. The Kier molecular flexibility index (Phi) is 17.5. The van der Waals surface area contributed by atoms with E-state index in [0.29, 0.717) is 24.2 Å². The van der Waals surface area contributed by atoms with E-state index >= 15 is 4.39 Å². The number of nitrogens with two attached hydrogens (primary N) is 2. The molecule has 0 unspecified atom stereocenters. The van der Waals surface area contributed by atoms with Crippen molar-refractivity contribution >= 4 is 53.2 Å². The highest BCUT2D eigenvalue weighted by molar-refractivity contribution is 7.99. The van der Waals surface area contributed by atoms with Gasteiger partial charge in [-0.15, -0.1) is 0 Å². The maximum atomic E-state index is 15.2. The van der Waals surface area contributed by atoms with E-state index < -0.39 is 77.6 Å². The number of thioether (sulfide) groups is 1. The van der Waals surface area contributed by atoms with Crippen molar-refractivity contribution in [2.24, 2.45) is 16.9 Å². The van der Waals surface area contributed by atoms with Gasteiger partial charge in [-0.25, -0.2) is 8.78 Å². The van der Waals surface area contributed by atoms with Crippen LogP contribution in [0.25, 0.3) is 11.1 Å². The molecule has 6 N–H and O–H groups in total. The standard InChI is InChI=1S/C43H53F2N7O8S/c1-43(2,3)41(34-22-29(31-23-30(44)10-11-32(31)45)25-49(34)24-28-8-5-4-6-9-28)50(19-7-17-46)39(57)27-61-21-16-38(56)51(42(60)33(47)12-15-40(58)59)20-18-48-35(53)26-52-36(54)13-14-37(52)55/h4-6,8-11,13-14,22-23,25,33,41H,7,12,15-21,24,26-27,46-47H2,1-3H3,(H,48,53)(H,58,59)/t33-,41-/m0/s1. The van der Waals surface area contributed by atoms with Crippen molar-refractivity contribution in [2.45, 2.75) is 65.1 Å². The molecule has 0 fully saturated rings. The van der Waals surface area contributed by atoms with Crippen LogP contribution in [0, 0.1) is 17.0 Å². The molecule has 0 bridgehead atoms. The second kappa shape index (κ2) is 22.2. The predicted octanol–water partition coefficient (Wildman–Crippen LogP) is 3.46. The van der Waals surface area contributed by atoms with Gasteiger partial charge in [-0.1, -0.05) is 51.1 Å². The van der Waals surface area contributed by atoms with Gasteiger partial charge in [0.1, 0.15) is 18.2 Å². The van der Waals surface area contributed by atoms with Gasteiger partial charge in [-0.3, -0.25) is 43.4 Å². The Balaban J connectivity index is 1.51. The molecule has 18 heteroatoms. The summed E-state index contributed by atoms with van der Waals surface area (Å²) in [5, 5.41) is 11.6. The summed E-state index contributed by atoms with van der Waals surface area (Å²) in [6, 6.07) is 12.7. The van der Waals surface area contributed by atoms with Gasteiger partial charge >= 0.3 is 5.97 Å². The normalized spacial score (nSPS) is 13.6. The van der Waals surface area contributed by atoms with Crippen LogP contribution in [-0.2, 0) is 40.1 Å². The van der Waals surface area contributed by atoms with Gasteiger partial charge in [-0.05, 0) is 54.6 Å². The van der Waals surface area contributed by atoms with E-state index in [-0.39, 0.29) is 62.0 Å². The van der Waals surface area contributed by atoms with Gasteiger partial charge in [0.05, 0.1) is 17.8 Å². The second-order valence-electron chi connectivity index (χ2n) is 15.6. The number of rotatable bonds is 22. The molecule has 4 rings (SSSR count). The van der Waals surface area contributed by atoms with E-state index in [1.807, 2.05) is 55.7 Å². The Morgan fingerprint density at radius 2 is 1.62 bits per heavy atom. The van der Waals surface area contributed by atoms with Crippen molar-refractivity contribution in [1.29, 1.82) is 0 Å². The number of benzene rings is 2. The van der Waals surface area contributed by atoms with Crippen molar-refractivity contribution < 1.29 is 47.4 Å². The third kappa shape index (κ3) is 13.6. The highest BCUT2D eigenvalue weighted by Gasteiger charge is 2.37. The van der Waals surface area contributed by atoms with Crippen LogP contribution in [0.15, 0.2) is 72.9 Å². The zero-order valence-electron chi connectivity index (χ0n) is 34.5. The average molecular weight is 866 g/mol. The first kappa shape index (κ1) is 48.0. The van der Waals surface area contributed by atoms with Crippen LogP contribution in [0.5, 0.6) is 0 Å². The number of amides is 6. The molecule has 0 saturated carbocycles. The summed E-state index contributed by atoms with van der Waals surface area (Å²) >= 11 is 1.15. The van der Waals surface area contributed by atoms with Crippen molar-refractivity contribution in [3.05, 3.63) is 95.8 Å². The van der Waals surface area contributed by atoms with Crippen molar-refractivity contribution in [2.75, 3.05) is 44.2 Å². The van der Waals surface area contributed by atoms with Crippen LogP contribution in [0.2, 0.25) is 0 Å². The van der Waals surface area contributed by atoms with Gasteiger partial charge in [0.2, 0.25) is 23.6 Å². The number of carbonyl (C=O) groups is 7. The molecule has 15 nitrogen and oxygen atoms in total. The van der Waals surface area contributed by atoms with Gasteiger partial charge in [0, 0.05) is 79.9 Å². The average Bonchev–Trinajstić information content (AvgIpc) is 3.76. The fourth-order valence-corrected chi connectivity index (χ4v) is 7.67. The quantitative estimate of drug-likeness (QED) is 0.0847. The number of nitrogens with one attached hydrogen (secondary N) is 1. The minimum absolute atomic E-state index is 0.0693. The zero-order valence-corrected chi connectivity index (χ0v) is 35.3. The number of carboxylic acid groups (broad SMARTS) is 1. The lowest BCUT2D eigenvalue weighted by molar-refractivity contribution is -0.146. The number of halogens is 2. The van der Waals surface area contributed by atoms with E-state index in [4.69, 9.17) is 16.6 Å². The van der Waals surface area contributed by atoms with E-state index in [1.54, 1.807) is 17.2 Å². The SMILES string of the molecule is CC(C)(C)[C@H](c1cc(-c2cc(F)ccc2F)cn1Cc1ccccc1)N(CCCN)C(=O)CSCCC(=O)N(CCNC(=O)CN1C(=O)C=CC1=O)C(=O)[C@@H](N)CCC(=O)O. The molecule has 2 heterocycles. The van der Waals surface area contributed by atoms with Crippen molar-refractivity contribution in [3.8, 4) is 11.1 Å². The first-order valence-corrected chi connectivity index (χ1v) is 20.9. The third-order valence-corrected chi connectivity index (χ3v) is 10.7. The molecule has 0 saturated heterocycles. The fourth-order valence-electron chi connectivity index (χ4n) is 6.86. The molecule has 1 aliphatic heterocycles. The molecule has 1 aliphatic rings. The van der Waals surface area contributed by atoms with Gasteiger partial charge < -0.3 is 31.4 Å². The van der Waals surface area contributed by atoms with E-state index in [9.17, 15) is 38.0 Å². The first-order valence-electron chi connectivity index (χ1n) is 19.8. The van der Waals surface area contributed by atoms with Gasteiger partial charge in [-0.2, -0.15) is 11.8 Å². The van der Waals surface area contributed by atoms with E-state index in [0.717, 1.165) is 57.5 Å². The van der Waals surface area contributed by atoms with Gasteiger partial charge in [0.15, 0.2) is 0 Å². The number of hydrogen-bond acceptors (Lipinski definition) is 10. The fraction of sp³-hybridized carbons (Fsp3) is 0.419. The summed E-state index contributed by atoms with van der Waals surface area (Å²) in [6.07, 6.45) is 3.37. The van der Waals surface area contributed by atoms with Crippen LogP contribution in [0.3, 0.4) is 0 Å². The first-order chi connectivity index (χ1) is 28.9. The summed E-state index contributed by atoms with van der Waals surface area (Å²) < 4.78 is 31.5. The Hall–Kier alpha value is -5.72. The number of aliphatic carboxylic acids is 1. The molecule has 2 aromatic carbocycles. The number of aromatic nitrogens is 1. The topological polar surface area (TPSA) is 218 Å². The van der Waals surface area contributed by atoms with Crippen LogP contribution in [0.1, 0.15) is 63.8 Å². The molecule has 0 radical (unpaired) electrons. The smallest absolute Gasteiger partial charge is 0.303 e. The molecule has 0 aliphatic carbocycles. The molecule has 3 aromatic rings. The molecule has 6 amide bonds. The Labute approximate surface area is 357 Å². The zero-order chi connectivity index (χ0) is 44.9. The van der Waals surface area contributed by atoms with Crippen molar-refractivity contribution in [3.63, 3.8) is 0 Å². The summed E-state index contributed by atoms with van der Waals surface area (Å²) in [5.74, 6) is -6.20. The molecular formula is C43H53F2N7O8S. The van der Waals surface area contributed by atoms with Crippen LogP contribution in [-0.4, -0.2) is 116 Å². The molecule has 328 valence electrons. The maximum Gasteiger partial charge on any atom is 0.303 e. The lowest BCUT2D eigenvalue weighted by atomic mass is 9.83. The summed E-state index contributed by atoms with van der Waals surface area (Å²) in [7, 11) is 0. The number of hydrogen-bond donors (Lipinski definition) is 4. The number of nitrogens with zero attached hydrogens (tertiary/aromatic N) is 4. The predicted molar refractivity (Wildman–Crippen MR) is 225 cm³/mol. The highest BCUT2D eigenvalue weighted by atomic mass is 32.2. The van der Waals surface area contributed by atoms with Gasteiger partial charge in [0.25, 0.3) is 11.8 Å². The summed E-state index contributed by atoms with van der Waals surface area (Å²) in [6.45, 7) is 5.72. The second-order valence-corrected chi connectivity index (χ2v) is 16.7. The lowest BCUT2D eigenvalue weighted by Crippen LogP contribution is -2.50. The largest absolute Gasteiger partial charge is 0.481 e. The van der Waals surface area contributed by atoms with Crippen LogP contribution >= 0.6 is 11.8 Å².